The van der Waals surface area contributed by atoms with Gasteiger partial charge in [0, 0.05) is 58.3 Å². The Balaban J connectivity index is -0.00000150. The molecule has 4 atom stereocenters. The number of benzene rings is 4. The Labute approximate surface area is 810 Å². The number of carboxylic acids is 1. The number of urea groups is 1. The maximum Gasteiger partial charge on any atom is 1.00 e. The van der Waals surface area contributed by atoms with Gasteiger partial charge < -0.3 is 86.1 Å². The summed E-state index contributed by atoms with van der Waals surface area (Å²) >= 11 is 3.07. The van der Waals surface area contributed by atoms with E-state index in [0.29, 0.717) is 95.2 Å². The number of aromatic nitrogens is 2. The molecular formula is C94H151BrKN12NaO14. The Morgan fingerprint density at radius 1 is 0.455 bits per heavy atom. The van der Waals surface area contributed by atoms with Gasteiger partial charge in [-0.25, -0.2) is 4.79 Å². The molecule has 680 valence electrons. The van der Waals surface area contributed by atoms with Gasteiger partial charge in [-0.1, -0.05) is 220 Å². The Morgan fingerprint density at radius 2 is 0.707 bits per heavy atom. The first kappa shape index (κ1) is 120. The molecule has 123 heavy (non-hydrogen) atoms. The van der Waals surface area contributed by atoms with Crippen LogP contribution in [-0.2, 0) is 43.0 Å². The second-order valence-corrected chi connectivity index (χ2v) is 36.1. The number of esters is 3. The summed E-state index contributed by atoms with van der Waals surface area (Å²) in [4.78, 5) is 94.8. The molecule has 0 aliphatic rings. The van der Waals surface area contributed by atoms with Gasteiger partial charge in [0.2, 0.25) is 0 Å². The normalized spacial score (nSPS) is 11.7. The molecule has 0 fully saturated rings. The molecule has 6 aromatic rings. The predicted octanol–water partition coefficient (Wildman–Crippen LogP) is 15.9. The summed E-state index contributed by atoms with van der Waals surface area (Å²) in [6.07, 6.45) is 4.98. The number of nitrogens with one attached hydrogen (secondary N) is 3. The summed E-state index contributed by atoms with van der Waals surface area (Å²) in [6, 6.07) is 24.9. The van der Waals surface area contributed by atoms with Crippen LogP contribution in [0.3, 0.4) is 0 Å². The number of amides is 2. The number of methoxy groups -OCH3 is 3. The number of nitrogens with zero attached hydrogens (tertiary/aromatic N) is 7. The maximum absolute atomic E-state index is 11.8. The number of primary amides is 1. The Bertz CT molecular complexity index is 4030. The number of nitrogen functional groups attached to an aromatic ring is 1. The zero-order valence-corrected chi connectivity index (χ0v) is 87.1. The third-order valence-electron chi connectivity index (χ3n) is 18.8. The topological polar surface area (TPSA) is 373 Å². The van der Waals surface area contributed by atoms with Crippen molar-refractivity contribution < 1.29 is 148 Å². The number of hydrogen-bond donors (Lipinski definition) is 6. The molecule has 4 aromatic carbocycles. The van der Waals surface area contributed by atoms with Gasteiger partial charge in [-0.3, -0.25) is 28.8 Å². The van der Waals surface area contributed by atoms with Gasteiger partial charge in [0.25, 0.3) is 12.0 Å². The fourth-order valence-electron chi connectivity index (χ4n) is 13.0. The zero-order valence-electron chi connectivity index (χ0n) is 80.4. The van der Waals surface area contributed by atoms with Crippen LogP contribution in [0.25, 0.3) is 5.41 Å². The average molecular weight is 1820 g/mol. The molecule has 0 aliphatic heterocycles. The van der Waals surface area contributed by atoms with Gasteiger partial charge in [-0.2, -0.15) is 9.97 Å². The number of ketones is 1. The molecule has 0 saturated carbocycles. The fraction of sp³-hybridized carbons (Fsp3) is 0.606. The number of carbonyl (C=O) groups excluding carboxylic acids is 6. The molecule has 2 aromatic heterocycles. The van der Waals surface area contributed by atoms with Crippen LogP contribution in [-0.4, -0.2) is 141 Å². The summed E-state index contributed by atoms with van der Waals surface area (Å²) < 4.78 is 25.7. The molecule has 0 aliphatic carbocycles. The van der Waals surface area contributed by atoms with E-state index in [-0.39, 0.29) is 158 Å². The summed E-state index contributed by atoms with van der Waals surface area (Å²) in [5.41, 5.74) is 25.1. The van der Waals surface area contributed by atoms with E-state index in [0.717, 1.165) is 126 Å². The van der Waals surface area contributed by atoms with Gasteiger partial charge in [0.15, 0.2) is 0 Å². The Kier molecular flexibility index (Phi) is 61.8. The van der Waals surface area contributed by atoms with Gasteiger partial charge >= 0.3 is 111 Å². The van der Waals surface area contributed by atoms with E-state index in [1.54, 1.807) is 12.5 Å². The quantitative estimate of drug-likeness (QED) is 0.00395. The van der Waals surface area contributed by atoms with Crippen LogP contribution in [0.15, 0.2) is 94.2 Å². The standard InChI is InChI=1S/C25H39N3O3.C24H37N3O3.C20H33N3O3.C19H32N2O2.C5H9BrO.CNO.K.Na.H2O/c1-16(2)13-28(14-17(3)4)23-10-9-20(19(7)11-24(29)30-8)12-21(23)26-25-27-22(15-31-25)18(5)6;1-15(2)12-27(13-16(3)4)22-9-8-19(18(7)10-23(28)29)11-20(22)25-24-26-21(14-30-24)17(5)6;1-13(2)11-23(12-14(3)4)18-8-7-16(10-17(18)22-20(21)25)15(5)9-19(24)26-6;1-13(2)11-21(12-14(3)4)18-8-7-16(10-17(18)20)15(5)9-19(22)23-6;1-4(2)5(7)3-6;2-1-3;;;/h9-10,12,15-19H,11,13-14H2,1-8H3,(H,26,27);8-9,11,14-18H,10,12-13H2,1-7H3,(H,25,26)(H,28,29);7-8,10,13-15H,9,11-12H2,1-6H3,(H3,21,22,25);7-8,10,13-15H,9,11-12,20H2,1-6H3;4H,3H2,1-2H3;;;;1H2/q;;;;;-1;2*+1;/p-1. The van der Waals surface area contributed by atoms with Gasteiger partial charge in [0.05, 0.1) is 109 Å². The monoisotopic (exact) mass is 1810 g/mol. The van der Waals surface area contributed by atoms with Gasteiger partial charge in [0.1, 0.15) is 18.3 Å². The van der Waals surface area contributed by atoms with Crippen molar-refractivity contribution in [1.82, 2.24) is 9.97 Å². The van der Waals surface area contributed by atoms with Crippen LogP contribution < -0.4 is 128 Å². The van der Waals surface area contributed by atoms with Crippen molar-refractivity contribution in [3.05, 3.63) is 124 Å². The number of anilines is 10. The SMILES string of the molecule is CC(C)C(=O)CBr.CC(C)CN(CC(C)C)c1ccc(C(C)CC(=O)O)cc1Nc1nc(C(C)C)co1.COC(=O)CC(C)c1ccc(N(CC(C)C)CC(C)C)c(N)c1.COC(=O)CC(C)c1ccc(N(CC(C)C)CC(C)C)c(NC(N)=O)c1.COC(=O)CC(C)c1ccc(N(CC(C)C)CC(C)C)c(Nc2nc(C(C)C)co2)c1.[K+].[N-]=C=O.[Na+].[OH-]. The molecule has 9 N–H and O–H groups in total. The predicted molar refractivity (Wildman–Crippen MR) is 499 cm³/mol. The minimum absolute atomic E-state index is 0. The maximum atomic E-state index is 11.8. The third kappa shape index (κ3) is 48.1. The first-order chi connectivity index (χ1) is 56.1. The number of halogens is 1. The number of carbonyl (C=O) groups is 6. The average Bonchev–Trinajstić information content (AvgIpc) is 1.73. The number of nitrogens with two attached hydrogens (primary N) is 2. The second-order valence-electron chi connectivity index (χ2n) is 35.5. The zero-order chi connectivity index (χ0) is 91.5. The first-order valence-corrected chi connectivity index (χ1v) is 43.6. The third-order valence-corrected chi connectivity index (χ3v) is 19.3. The van der Waals surface area contributed by atoms with Crippen LogP contribution >= 0.6 is 15.9 Å². The van der Waals surface area contributed by atoms with Crippen molar-refractivity contribution >= 4 is 115 Å². The van der Waals surface area contributed by atoms with Crippen LogP contribution in [0.4, 0.5) is 62.3 Å². The number of alkyl halides is 1. The molecule has 0 spiro atoms. The van der Waals surface area contributed by atoms with E-state index in [1.165, 1.54) is 21.3 Å². The number of Topliss-reactive ketones (excluding diaryl/α,β-unsaturated/α-hetero) is 1. The fourth-order valence-corrected chi connectivity index (χ4v) is 13.6. The largest absolute Gasteiger partial charge is 1.00 e. The molecule has 4 unspecified atom stereocenters. The Hall–Kier alpha value is -6.82. The number of oxazole rings is 2. The van der Waals surface area contributed by atoms with E-state index < -0.39 is 12.0 Å². The molecule has 0 saturated heterocycles. The van der Waals surface area contributed by atoms with E-state index in [2.05, 4.69) is 236 Å². The second kappa shape index (κ2) is 63.2. The van der Waals surface area contributed by atoms with Crippen LogP contribution in [0.5, 0.6) is 0 Å². The molecule has 6 rings (SSSR count). The van der Waals surface area contributed by atoms with Crippen molar-refractivity contribution in [2.24, 2.45) is 59.0 Å². The summed E-state index contributed by atoms with van der Waals surface area (Å²) in [5.74, 6) is 3.79. The summed E-state index contributed by atoms with van der Waals surface area (Å²) in [7, 11) is 4.23. The number of hydrogen-bond acceptors (Lipinski definition) is 22. The smallest absolute Gasteiger partial charge is 0.870 e. The number of ether oxygens (including phenoxy) is 3. The molecule has 26 nitrogen and oxygen atoms in total. The van der Waals surface area contributed by atoms with Crippen molar-refractivity contribution in [2.45, 2.75) is 241 Å². The number of rotatable bonds is 41. The molecule has 0 bridgehead atoms. The van der Waals surface area contributed by atoms with Gasteiger partial charge in [-0.15, -0.1) is 0 Å². The Morgan fingerprint density at radius 3 is 0.927 bits per heavy atom. The number of carboxylic acid groups (broad SMARTS) is 1. The number of isocyanates is 1. The van der Waals surface area contributed by atoms with Crippen molar-refractivity contribution in [3.8, 4) is 0 Å². The minimum Gasteiger partial charge on any atom is -0.870 e. The van der Waals surface area contributed by atoms with Crippen LogP contribution in [0, 0.1) is 53.3 Å². The molecule has 2 amide bonds. The number of aliphatic carboxylic acids is 1. The first-order valence-electron chi connectivity index (χ1n) is 42.5. The van der Waals surface area contributed by atoms with Gasteiger partial charge in [-0.05, 0) is 160 Å². The van der Waals surface area contributed by atoms with E-state index in [1.807, 2.05) is 77.9 Å². The molecule has 2 heterocycles. The van der Waals surface area contributed by atoms with Crippen LogP contribution in [0.1, 0.15) is 275 Å². The van der Waals surface area contributed by atoms with E-state index >= 15 is 0 Å². The molecular weight excluding hydrogens is 1660 g/mol. The summed E-state index contributed by atoms with van der Waals surface area (Å²) in [5, 5.41) is 26.0. The summed E-state index contributed by atoms with van der Waals surface area (Å²) in [6.45, 7) is 62.9. The van der Waals surface area contributed by atoms with Crippen molar-refractivity contribution in [2.75, 3.05) is 120 Å². The van der Waals surface area contributed by atoms with E-state index in [9.17, 15) is 33.9 Å². The van der Waals surface area contributed by atoms with Crippen LogP contribution in [0.2, 0.25) is 0 Å². The van der Waals surface area contributed by atoms with Crippen molar-refractivity contribution in [1.29, 1.82) is 0 Å². The minimum atomic E-state index is -0.795. The molecule has 0 radical (unpaired) electrons. The van der Waals surface area contributed by atoms with Crippen molar-refractivity contribution in [3.63, 3.8) is 0 Å². The van der Waals surface area contributed by atoms with E-state index in [4.69, 9.17) is 44.7 Å². The molecule has 29 heteroatoms.